The lowest BCUT2D eigenvalue weighted by Crippen LogP contribution is -2.49. The molecule has 1 saturated carbocycles. The average molecular weight is 440 g/mol. The van der Waals surface area contributed by atoms with Crippen molar-refractivity contribution < 1.29 is 19.1 Å². The van der Waals surface area contributed by atoms with E-state index in [0.29, 0.717) is 36.9 Å². The smallest absolute Gasteiger partial charge is 0.255 e. The molecule has 172 valence electrons. The third-order valence-corrected chi connectivity index (χ3v) is 7.39. The Bertz CT molecular complexity index is 912. The molecule has 2 amide bonds. The molecule has 1 aliphatic carbocycles. The lowest BCUT2D eigenvalue weighted by atomic mass is 10.0. The van der Waals surface area contributed by atoms with E-state index in [-0.39, 0.29) is 17.9 Å². The minimum Gasteiger partial charge on any atom is -0.489 e. The molecular formula is C25H33N3O4. The number of rotatable bonds is 7. The molecule has 1 aromatic carbocycles. The first-order valence-corrected chi connectivity index (χ1v) is 11.9. The summed E-state index contributed by atoms with van der Waals surface area (Å²) in [7, 11) is 0. The number of benzene rings is 1. The number of nitrogens with one attached hydrogen (secondary N) is 1. The number of fused-ring (bicyclic) bond motifs is 1. The van der Waals surface area contributed by atoms with E-state index in [1.54, 1.807) is 4.90 Å². The van der Waals surface area contributed by atoms with Crippen LogP contribution in [0.2, 0.25) is 0 Å². The van der Waals surface area contributed by atoms with Crippen molar-refractivity contribution >= 4 is 11.8 Å². The average Bonchev–Trinajstić information content (AvgIpc) is 3.32. The van der Waals surface area contributed by atoms with E-state index in [2.05, 4.69) is 23.7 Å². The summed E-state index contributed by atoms with van der Waals surface area (Å²) in [5.41, 5.74) is 2.35. The van der Waals surface area contributed by atoms with E-state index in [1.807, 2.05) is 18.2 Å². The predicted octanol–water partition coefficient (Wildman–Crippen LogP) is 2.70. The van der Waals surface area contributed by atoms with Gasteiger partial charge in [-0.25, -0.2) is 0 Å². The second-order valence-electron chi connectivity index (χ2n) is 9.54. The van der Waals surface area contributed by atoms with Crippen LogP contribution in [0.1, 0.15) is 54.9 Å². The van der Waals surface area contributed by atoms with Gasteiger partial charge in [0.25, 0.3) is 5.91 Å². The third kappa shape index (κ3) is 4.04. The quantitative estimate of drug-likeness (QED) is 0.707. The fourth-order valence-corrected chi connectivity index (χ4v) is 5.56. The summed E-state index contributed by atoms with van der Waals surface area (Å²) in [5, 5.41) is 2.79. The molecule has 1 unspecified atom stereocenters. The van der Waals surface area contributed by atoms with Crippen LogP contribution in [-0.2, 0) is 16.1 Å². The molecule has 1 aromatic rings. The Morgan fingerprint density at radius 2 is 2.09 bits per heavy atom. The van der Waals surface area contributed by atoms with Gasteiger partial charge in [0.05, 0.1) is 13.2 Å². The van der Waals surface area contributed by atoms with Crippen molar-refractivity contribution in [3.8, 4) is 5.75 Å². The highest BCUT2D eigenvalue weighted by molar-refractivity contribution is 6.01. The first-order chi connectivity index (χ1) is 15.5. The third-order valence-electron chi connectivity index (χ3n) is 7.39. The lowest BCUT2D eigenvalue weighted by molar-refractivity contribution is -0.126. The molecule has 3 fully saturated rings. The Morgan fingerprint density at radius 3 is 2.81 bits per heavy atom. The minimum absolute atomic E-state index is 0.0715. The lowest BCUT2D eigenvalue weighted by Gasteiger charge is -2.37. The van der Waals surface area contributed by atoms with E-state index in [9.17, 15) is 9.59 Å². The van der Waals surface area contributed by atoms with Crippen LogP contribution in [0.4, 0.5) is 0 Å². The topological polar surface area (TPSA) is 71.1 Å². The van der Waals surface area contributed by atoms with Gasteiger partial charge < -0.3 is 19.7 Å². The van der Waals surface area contributed by atoms with Gasteiger partial charge in [-0.3, -0.25) is 14.5 Å². The van der Waals surface area contributed by atoms with Gasteiger partial charge >= 0.3 is 0 Å². The number of hydrogen-bond donors (Lipinski definition) is 1. The molecule has 32 heavy (non-hydrogen) atoms. The van der Waals surface area contributed by atoms with Gasteiger partial charge in [0, 0.05) is 36.3 Å². The number of piperidine rings is 1. The van der Waals surface area contributed by atoms with Crippen LogP contribution in [-0.4, -0.2) is 66.1 Å². The molecule has 3 atom stereocenters. The summed E-state index contributed by atoms with van der Waals surface area (Å²) in [4.78, 5) is 29.6. The highest BCUT2D eigenvalue weighted by atomic mass is 16.5. The molecular weight excluding hydrogens is 406 g/mol. The summed E-state index contributed by atoms with van der Waals surface area (Å²) in [6, 6.07) is 5.76. The number of carbonyl (C=O) groups is 2. The van der Waals surface area contributed by atoms with Crippen molar-refractivity contribution in [2.45, 2.75) is 63.8 Å². The fraction of sp³-hybridized carbons (Fsp3) is 0.600. The van der Waals surface area contributed by atoms with Gasteiger partial charge in [0.15, 0.2) is 0 Å². The van der Waals surface area contributed by atoms with Crippen LogP contribution < -0.4 is 10.1 Å². The van der Waals surface area contributed by atoms with Gasteiger partial charge in [0.1, 0.15) is 17.9 Å². The van der Waals surface area contributed by atoms with Crippen LogP contribution in [0.25, 0.3) is 0 Å². The monoisotopic (exact) mass is 439 g/mol. The summed E-state index contributed by atoms with van der Waals surface area (Å²) in [6.07, 6.45) is 4.87. The zero-order chi connectivity index (χ0) is 22.2. The molecule has 3 aliphatic heterocycles. The zero-order valence-electron chi connectivity index (χ0n) is 18.8. The van der Waals surface area contributed by atoms with Crippen molar-refractivity contribution in [2.75, 3.05) is 26.3 Å². The first-order valence-electron chi connectivity index (χ1n) is 11.9. The summed E-state index contributed by atoms with van der Waals surface area (Å²) in [6.45, 7) is 10.3. The maximum Gasteiger partial charge on any atom is 0.255 e. The highest BCUT2D eigenvalue weighted by Gasteiger charge is 2.39. The van der Waals surface area contributed by atoms with Crippen LogP contribution in [0.3, 0.4) is 0 Å². The number of nitrogens with zero attached hydrogens (tertiary/aromatic N) is 2. The molecule has 7 heteroatoms. The van der Waals surface area contributed by atoms with E-state index in [1.165, 1.54) is 6.42 Å². The normalized spacial score (nSPS) is 28.1. The Balaban J connectivity index is 1.26. The molecule has 0 aromatic heterocycles. The standard InChI is InChI=1S/C25H33N3O4/c1-3-27(12-17-14-31-15-17)21-5-4-6-23(21)32-19-8-9-20-18(11-19)13-28(25(20)30)22-10-7-16(2)26-24(22)29/h8-9,11,17,21-23H,2-7,10,12-15H2,1H3,(H,26,29)/t21-,22?,23+/m0/s1. The van der Waals surface area contributed by atoms with Crippen molar-refractivity contribution in [1.29, 1.82) is 0 Å². The summed E-state index contributed by atoms with van der Waals surface area (Å²) >= 11 is 0. The second kappa shape index (κ2) is 8.87. The van der Waals surface area contributed by atoms with Crippen molar-refractivity contribution in [3.05, 3.63) is 41.6 Å². The van der Waals surface area contributed by atoms with E-state index in [4.69, 9.17) is 9.47 Å². The van der Waals surface area contributed by atoms with Gasteiger partial charge in [-0.05, 0) is 62.4 Å². The highest BCUT2D eigenvalue weighted by Crippen LogP contribution is 2.34. The van der Waals surface area contributed by atoms with Crippen LogP contribution >= 0.6 is 0 Å². The number of hydrogen-bond acceptors (Lipinski definition) is 5. The molecule has 5 rings (SSSR count). The first kappa shape index (κ1) is 21.5. The minimum atomic E-state index is -0.433. The summed E-state index contributed by atoms with van der Waals surface area (Å²) < 4.78 is 11.8. The Labute approximate surface area is 189 Å². The molecule has 0 bridgehead atoms. The van der Waals surface area contributed by atoms with E-state index in [0.717, 1.165) is 56.2 Å². The molecule has 0 radical (unpaired) electrons. The van der Waals surface area contributed by atoms with Gasteiger partial charge in [0.2, 0.25) is 5.91 Å². The largest absolute Gasteiger partial charge is 0.489 e. The van der Waals surface area contributed by atoms with Crippen molar-refractivity contribution in [1.82, 2.24) is 15.1 Å². The molecule has 3 heterocycles. The Morgan fingerprint density at radius 1 is 1.25 bits per heavy atom. The van der Waals surface area contributed by atoms with Crippen LogP contribution in [0.15, 0.2) is 30.5 Å². The molecule has 1 N–H and O–H groups in total. The second-order valence-corrected chi connectivity index (χ2v) is 9.54. The number of allylic oxidation sites excluding steroid dienone is 1. The Hall–Kier alpha value is -2.38. The predicted molar refractivity (Wildman–Crippen MR) is 120 cm³/mol. The molecule has 7 nitrogen and oxygen atoms in total. The zero-order valence-corrected chi connectivity index (χ0v) is 18.8. The van der Waals surface area contributed by atoms with Crippen molar-refractivity contribution in [3.63, 3.8) is 0 Å². The number of likely N-dealkylation sites (N-methyl/N-ethyl adjacent to an activating group) is 1. The number of carbonyl (C=O) groups excluding carboxylic acids is 2. The number of ether oxygens (including phenoxy) is 2. The maximum atomic E-state index is 13.0. The molecule has 0 spiro atoms. The van der Waals surface area contributed by atoms with Crippen LogP contribution in [0.5, 0.6) is 5.75 Å². The van der Waals surface area contributed by atoms with Gasteiger partial charge in [-0.15, -0.1) is 0 Å². The SMILES string of the molecule is C=C1CCC(N2Cc3cc(O[C@@H]4CCC[C@@H]4N(CC)CC4COC4)ccc3C2=O)C(=O)N1. The molecule has 2 saturated heterocycles. The van der Waals surface area contributed by atoms with Gasteiger partial charge in [-0.2, -0.15) is 0 Å². The summed E-state index contributed by atoms with van der Waals surface area (Å²) in [5.74, 6) is 1.25. The Kier molecular flexibility index (Phi) is 5.95. The van der Waals surface area contributed by atoms with Crippen LogP contribution in [0, 0.1) is 5.92 Å². The fourth-order valence-electron chi connectivity index (χ4n) is 5.56. The van der Waals surface area contributed by atoms with E-state index < -0.39 is 6.04 Å². The molecule has 4 aliphatic rings. The van der Waals surface area contributed by atoms with Gasteiger partial charge in [-0.1, -0.05) is 13.5 Å². The maximum absolute atomic E-state index is 13.0. The van der Waals surface area contributed by atoms with Crippen molar-refractivity contribution in [2.24, 2.45) is 5.92 Å². The number of amides is 2. The van der Waals surface area contributed by atoms with E-state index >= 15 is 0 Å².